The van der Waals surface area contributed by atoms with Gasteiger partial charge in [-0.15, -0.1) is 0 Å². The van der Waals surface area contributed by atoms with Crippen molar-refractivity contribution in [2.45, 2.75) is 52.5 Å². The second-order valence-corrected chi connectivity index (χ2v) is 4.44. The summed E-state index contributed by atoms with van der Waals surface area (Å²) in [6, 6.07) is 0.235. The Morgan fingerprint density at radius 1 is 1.06 bits per heavy atom. The molecule has 2 N–H and O–H groups in total. The maximum absolute atomic E-state index is 9.27. The lowest BCUT2D eigenvalue weighted by molar-refractivity contribution is 0.179. The summed E-state index contributed by atoms with van der Waals surface area (Å²) in [5, 5.41) is 12.6. The Hall–Kier alpha value is -0.120. The van der Waals surface area contributed by atoms with Gasteiger partial charge in [0.15, 0.2) is 0 Å². The molecule has 3 nitrogen and oxygen atoms in total. The van der Waals surface area contributed by atoms with E-state index in [1.807, 2.05) is 0 Å². The van der Waals surface area contributed by atoms with Gasteiger partial charge in [-0.25, -0.2) is 0 Å². The number of hydrogen-bond donors (Lipinski definition) is 2. The van der Waals surface area contributed by atoms with Gasteiger partial charge in [-0.3, -0.25) is 0 Å². The molecule has 1 unspecified atom stereocenters. The van der Waals surface area contributed by atoms with E-state index in [2.05, 4.69) is 31.0 Å². The molecule has 0 aromatic rings. The van der Waals surface area contributed by atoms with Crippen molar-refractivity contribution in [3.8, 4) is 0 Å². The van der Waals surface area contributed by atoms with Gasteiger partial charge in [0.05, 0.1) is 6.61 Å². The van der Waals surface area contributed by atoms with Gasteiger partial charge >= 0.3 is 0 Å². The van der Waals surface area contributed by atoms with Crippen LogP contribution in [0.2, 0.25) is 0 Å². The second-order valence-electron chi connectivity index (χ2n) is 4.44. The number of likely N-dealkylation sites (N-methyl/N-ethyl adjacent to an activating group) is 1. The van der Waals surface area contributed by atoms with Gasteiger partial charge in [0.25, 0.3) is 0 Å². The number of unbranched alkanes of at least 4 members (excludes halogenated alkanes) is 2. The Labute approximate surface area is 101 Å². The van der Waals surface area contributed by atoms with Crippen LogP contribution in [0.25, 0.3) is 0 Å². The first-order valence-electron chi connectivity index (χ1n) is 6.84. The van der Waals surface area contributed by atoms with Crippen LogP contribution in [0.5, 0.6) is 0 Å². The van der Waals surface area contributed by atoms with Crippen molar-refractivity contribution in [1.82, 2.24) is 10.2 Å². The molecule has 3 heteroatoms. The topological polar surface area (TPSA) is 35.5 Å². The van der Waals surface area contributed by atoms with Gasteiger partial charge in [0.1, 0.15) is 0 Å². The van der Waals surface area contributed by atoms with Crippen LogP contribution >= 0.6 is 0 Å². The maximum Gasteiger partial charge on any atom is 0.0597 e. The van der Waals surface area contributed by atoms with Crippen molar-refractivity contribution in [3.05, 3.63) is 0 Å². The smallest absolute Gasteiger partial charge is 0.0597 e. The summed E-state index contributed by atoms with van der Waals surface area (Å²) in [6.45, 7) is 11.0. The molecule has 0 aromatic carbocycles. The number of rotatable bonds is 11. The Morgan fingerprint density at radius 2 is 1.62 bits per heavy atom. The van der Waals surface area contributed by atoms with Crippen molar-refractivity contribution in [3.63, 3.8) is 0 Å². The first kappa shape index (κ1) is 15.9. The van der Waals surface area contributed by atoms with E-state index in [-0.39, 0.29) is 12.6 Å². The largest absolute Gasteiger partial charge is 0.395 e. The highest BCUT2D eigenvalue weighted by atomic mass is 16.3. The Morgan fingerprint density at radius 3 is 2.00 bits per heavy atom. The molecule has 0 heterocycles. The van der Waals surface area contributed by atoms with E-state index in [9.17, 15) is 5.11 Å². The molecule has 0 amide bonds. The Kier molecular flexibility index (Phi) is 11.3. The fourth-order valence-electron chi connectivity index (χ4n) is 1.85. The quantitative estimate of drug-likeness (QED) is 0.569. The molecule has 0 saturated carbocycles. The molecule has 0 saturated heterocycles. The standard InChI is InChI=1S/C13H30N2O/c1-4-7-9-15(10-8-5-2)11-13(12-16)14-6-3/h13-14,16H,4-12H2,1-3H3. The van der Waals surface area contributed by atoms with Crippen molar-refractivity contribution < 1.29 is 5.11 Å². The van der Waals surface area contributed by atoms with Gasteiger partial charge in [-0.05, 0) is 32.5 Å². The lowest BCUT2D eigenvalue weighted by Gasteiger charge is -2.26. The van der Waals surface area contributed by atoms with Crippen LogP contribution in [-0.2, 0) is 0 Å². The number of nitrogens with zero attached hydrogens (tertiary/aromatic N) is 1. The molecule has 0 spiro atoms. The van der Waals surface area contributed by atoms with Crippen LogP contribution in [0, 0.1) is 0 Å². The summed E-state index contributed by atoms with van der Waals surface area (Å²) in [7, 11) is 0. The van der Waals surface area contributed by atoms with E-state index in [1.54, 1.807) is 0 Å². The zero-order valence-corrected chi connectivity index (χ0v) is 11.3. The Bertz CT molecular complexity index is 134. The highest BCUT2D eigenvalue weighted by Gasteiger charge is 2.11. The molecule has 0 bridgehead atoms. The highest BCUT2D eigenvalue weighted by molar-refractivity contribution is 4.70. The lowest BCUT2D eigenvalue weighted by Crippen LogP contribution is -2.44. The van der Waals surface area contributed by atoms with Crippen molar-refractivity contribution in [2.75, 3.05) is 32.8 Å². The van der Waals surface area contributed by atoms with Gasteiger partial charge in [-0.1, -0.05) is 33.6 Å². The van der Waals surface area contributed by atoms with Crippen LogP contribution < -0.4 is 5.32 Å². The predicted octanol–water partition coefficient (Wildman–Crippen LogP) is 1.86. The summed E-state index contributed by atoms with van der Waals surface area (Å²) >= 11 is 0. The summed E-state index contributed by atoms with van der Waals surface area (Å²) in [4.78, 5) is 2.48. The van der Waals surface area contributed by atoms with E-state index in [1.165, 1.54) is 38.8 Å². The molecule has 16 heavy (non-hydrogen) atoms. The van der Waals surface area contributed by atoms with E-state index in [0.29, 0.717) is 0 Å². The monoisotopic (exact) mass is 230 g/mol. The average molecular weight is 230 g/mol. The molecule has 0 rings (SSSR count). The summed E-state index contributed by atoms with van der Waals surface area (Å²) < 4.78 is 0. The van der Waals surface area contributed by atoms with E-state index in [0.717, 1.165) is 13.1 Å². The average Bonchev–Trinajstić information content (AvgIpc) is 2.31. The van der Waals surface area contributed by atoms with E-state index in [4.69, 9.17) is 0 Å². The van der Waals surface area contributed by atoms with Gasteiger partial charge in [-0.2, -0.15) is 0 Å². The minimum Gasteiger partial charge on any atom is -0.395 e. The summed E-state index contributed by atoms with van der Waals surface area (Å²) in [5.74, 6) is 0. The lowest BCUT2D eigenvalue weighted by atomic mass is 10.2. The number of aliphatic hydroxyl groups excluding tert-OH is 1. The summed E-state index contributed by atoms with van der Waals surface area (Å²) in [6.07, 6.45) is 5.00. The van der Waals surface area contributed by atoms with E-state index >= 15 is 0 Å². The molecule has 98 valence electrons. The molecular formula is C13H30N2O. The van der Waals surface area contributed by atoms with Gasteiger partial charge < -0.3 is 15.3 Å². The van der Waals surface area contributed by atoms with Crippen LogP contribution in [0.3, 0.4) is 0 Å². The van der Waals surface area contributed by atoms with Crippen LogP contribution in [-0.4, -0.2) is 48.8 Å². The molecule has 0 radical (unpaired) electrons. The predicted molar refractivity (Wildman–Crippen MR) is 70.8 cm³/mol. The molecule has 1 atom stereocenters. The van der Waals surface area contributed by atoms with Crippen molar-refractivity contribution in [2.24, 2.45) is 0 Å². The van der Waals surface area contributed by atoms with E-state index < -0.39 is 0 Å². The SMILES string of the molecule is CCCCN(CCCC)CC(CO)NCC. The van der Waals surface area contributed by atoms with Gasteiger partial charge in [0, 0.05) is 12.6 Å². The molecular weight excluding hydrogens is 200 g/mol. The third-order valence-electron chi connectivity index (χ3n) is 2.85. The molecule has 0 aliphatic carbocycles. The minimum absolute atomic E-state index is 0.235. The summed E-state index contributed by atoms with van der Waals surface area (Å²) in [5.41, 5.74) is 0. The third kappa shape index (κ3) is 8.08. The number of nitrogens with one attached hydrogen (secondary N) is 1. The van der Waals surface area contributed by atoms with Crippen LogP contribution in [0.15, 0.2) is 0 Å². The highest BCUT2D eigenvalue weighted by Crippen LogP contribution is 2.00. The fraction of sp³-hybridized carbons (Fsp3) is 1.00. The maximum atomic E-state index is 9.27. The molecule has 0 fully saturated rings. The minimum atomic E-state index is 0.235. The first-order chi connectivity index (χ1) is 7.78. The number of aliphatic hydroxyl groups is 1. The van der Waals surface area contributed by atoms with Crippen LogP contribution in [0.4, 0.5) is 0 Å². The fourth-order valence-corrected chi connectivity index (χ4v) is 1.85. The van der Waals surface area contributed by atoms with Crippen molar-refractivity contribution >= 4 is 0 Å². The Balaban J connectivity index is 3.94. The number of hydrogen-bond acceptors (Lipinski definition) is 3. The third-order valence-corrected chi connectivity index (χ3v) is 2.85. The van der Waals surface area contributed by atoms with Crippen molar-refractivity contribution in [1.29, 1.82) is 0 Å². The normalized spacial score (nSPS) is 13.3. The second kappa shape index (κ2) is 11.4. The zero-order valence-electron chi connectivity index (χ0n) is 11.3. The van der Waals surface area contributed by atoms with Crippen LogP contribution in [0.1, 0.15) is 46.5 Å². The zero-order chi connectivity index (χ0) is 12.2. The first-order valence-corrected chi connectivity index (χ1v) is 6.84. The van der Waals surface area contributed by atoms with Gasteiger partial charge in [0.2, 0.25) is 0 Å². The molecule has 0 aliphatic rings. The molecule has 0 aliphatic heterocycles. The molecule has 0 aromatic heterocycles.